The number of aromatic nitrogens is 2. The number of nitrogens with zero attached hydrogens (tertiary/aromatic N) is 2. The van der Waals surface area contributed by atoms with Gasteiger partial charge >= 0.3 is 0 Å². The number of fused-ring (bicyclic) bond motifs is 3. The fourth-order valence-electron chi connectivity index (χ4n) is 2.92. The third-order valence-electron chi connectivity index (χ3n) is 4.04. The van der Waals surface area contributed by atoms with Crippen molar-refractivity contribution in [1.29, 1.82) is 0 Å². The molecule has 2 aromatic carbocycles. The summed E-state index contributed by atoms with van der Waals surface area (Å²) in [6, 6.07) is 13.2. The number of nitrogens with one attached hydrogen (secondary N) is 1. The second kappa shape index (κ2) is 6.34. The Hall–Kier alpha value is -3.06. The SMILES string of the molecule is Cc1nn(CC(=O)Nc2cccc(F)c2)c(=O)c2c1sc1ccccc12. The predicted molar refractivity (Wildman–Crippen MR) is 101 cm³/mol. The zero-order chi connectivity index (χ0) is 18.3. The van der Waals surface area contributed by atoms with Gasteiger partial charge in [-0.2, -0.15) is 5.10 Å². The molecule has 5 nitrogen and oxygen atoms in total. The molecule has 0 saturated carbocycles. The zero-order valence-corrected chi connectivity index (χ0v) is 14.6. The second-order valence-electron chi connectivity index (χ2n) is 5.91. The molecular weight excluding hydrogens is 353 g/mol. The van der Waals surface area contributed by atoms with Crippen molar-refractivity contribution in [3.8, 4) is 0 Å². The molecule has 0 fully saturated rings. The molecule has 0 aliphatic carbocycles. The summed E-state index contributed by atoms with van der Waals surface area (Å²) in [5, 5.41) is 8.30. The van der Waals surface area contributed by atoms with Crippen molar-refractivity contribution in [1.82, 2.24) is 9.78 Å². The molecule has 0 aliphatic heterocycles. The third kappa shape index (κ3) is 2.86. The Bertz CT molecular complexity index is 1210. The molecule has 0 radical (unpaired) electrons. The normalized spacial score (nSPS) is 11.2. The molecule has 0 atom stereocenters. The minimum atomic E-state index is -0.444. The van der Waals surface area contributed by atoms with Crippen molar-refractivity contribution in [2.75, 3.05) is 5.32 Å². The number of carbonyl (C=O) groups excluding carboxylic acids is 1. The number of hydrogen-bond donors (Lipinski definition) is 1. The Balaban J connectivity index is 1.72. The van der Waals surface area contributed by atoms with Gasteiger partial charge in [-0.1, -0.05) is 24.3 Å². The summed E-state index contributed by atoms with van der Waals surface area (Å²) < 4.78 is 16.2. The first-order valence-electron chi connectivity index (χ1n) is 7.97. The summed E-state index contributed by atoms with van der Waals surface area (Å²) in [7, 11) is 0. The summed E-state index contributed by atoms with van der Waals surface area (Å²) in [6.45, 7) is 1.58. The maximum absolute atomic E-state index is 13.2. The lowest BCUT2D eigenvalue weighted by Gasteiger charge is -2.08. The van der Waals surface area contributed by atoms with Crippen molar-refractivity contribution in [2.24, 2.45) is 0 Å². The van der Waals surface area contributed by atoms with Gasteiger partial charge < -0.3 is 5.32 Å². The summed E-state index contributed by atoms with van der Waals surface area (Å²) in [5.41, 5.74) is 0.721. The van der Waals surface area contributed by atoms with E-state index < -0.39 is 11.7 Å². The molecule has 0 saturated heterocycles. The van der Waals surface area contributed by atoms with Crippen LogP contribution in [0, 0.1) is 12.7 Å². The van der Waals surface area contributed by atoms with Crippen molar-refractivity contribution < 1.29 is 9.18 Å². The molecule has 1 amide bonds. The molecule has 7 heteroatoms. The van der Waals surface area contributed by atoms with Gasteiger partial charge in [0.1, 0.15) is 12.4 Å². The average molecular weight is 367 g/mol. The number of halogens is 1. The van der Waals surface area contributed by atoms with Crippen LogP contribution in [0.3, 0.4) is 0 Å². The van der Waals surface area contributed by atoms with Gasteiger partial charge in [0, 0.05) is 15.8 Å². The first-order chi connectivity index (χ1) is 12.5. The fourth-order valence-corrected chi connectivity index (χ4v) is 4.06. The van der Waals surface area contributed by atoms with Crippen LogP contribution in [0.25, 0.3) is 20.2 Å². The van der Waals surface area contributed by atoms with Crippen molar-refractivity contribution >= 4 is 43.1 Å². The first kappa shape index (κ1) is 16.4. The van der Waals surface area contributed by atoms with E-state index in [9.17, 15) is 14.0 Å². The lowest BCUT2D eigenvalue weighted by molar-refractivity contribution is -0.117. The maximum Gasteiger partial charge on any atom is 0.276 e. The number of thiophene rings is 1. The van der Waals surface area contributed by atoms with Crippen LogP contribution in [0.1, 0.15) is 5.69 Å². The molecule has 0 bridgehead atoms. The van der Waals surface area contributed by atoms with Gasteiger partial charge in [0.2, 0.25) is 5.91 Å². The van der Waals surface area contributed by atoms with Gasteiger partial charge in [-0.15, -0.1) is 11.3 Å². The van der Waals surface area contributed by atoms with Gasteiger partial charge in [-0.25, -0.2) is 9.07 Å². The standard InChI is InChI=1S/C19H14FN3O2S/c1-11-18-17(14-7-2-3-8-15(14)26-18)19(25)23(22-11)10-16(24)21-13-6-4-5-12(20)9-13/h2-9H,10H2,1H3,(H,21,24). The number of amides is 1. The van der Waals surface area contributed by atoms with Gasteiger partial charge in [-0.3, -0.25) is 9.59 Å². The van der Waals surface area contributed by atoms with E-state index >= 15 is 0 Å². The lowest BCUT2D eigenvalue weighted by atomic mass is 10.2. The van der Waals surface area contributed by atoms with E-state index in [-0.39, 0.29) is 12.1 Å². The van der Waals surface area contributed by atoms with E-state index in [4.69, 9.17) is 0 Å². The minimum Gasteiger partial charge on any atom is -0.324 e. The zero-order valence-electron chi connectivity index (χ0n) is 13.8. The van der Waals surface area contributed by atoms with E-state index in [1.807, 2.05) is 31.2 Å². The Labute approximate surface area is 151 Å². The third-order valence-corrected chi connectivity index (χ3v) is 5.32. The first-order valence-corrected chi connectivity index (χ1v) is 8.79. The molecule has 2 heterocycles. The molecule has 26 heavy (non-hydrogen) atoms. The molecule has 0 aliphatic rings. The van der Waals surface area contributed by atoms with Crippen LogP contribution in [0.5, 0.6) is 0 Å². The van der Waals surface area contributed by atoms with Crippen molar-refractivity contribution in [3.05, 3.63) is 70.4 Å². The molecule has 0 spiro atoms. The van der Waals surface area contributed by atoms with Crippen LogP contribution >= 0.6 is 11.3 Å². The lowest BCUT2D eigenvalue weighted by Crippen LogP contribution is -2.30. The maximum atomic E-state index is 13.2. The number of aryl methyl sites for hydroxylation is 1. The largest absolute Gasteiger partial charge is 0.324 e. The number of anilines is 1. The van der Waals surface area contributed by atoms with Crippen LogP contribution < -0.4 is 10.9 Å². The van der Waals surface area contributed by atoms with E-state index in [0.717, 1.165) is 19.5 Å². The molecule has 130 valence electrons. The van der Waals surface area contributed by atoms with E-state index in [1.165, 1.54) is 29.5 Å². The Kier molecular flexibility index (Phi) is 4.00. The van der Waals surface area contributed by atoms with Crippen LogP contribution in [0.15, 0.2) is 53.3 Å². The van der Waals surface area contributed by atoms with Gasteiger partial charge in [0.15, 0.2) is 0 Å². The quantitative estimate of drug-likeness (QED) is 0.601. The predicted octanol–water partition coefficient (Wildman–Crippen LogP) is 3.70. The highest BCUT2D eigenvalue weighted by molar-refractivity contribution is 7.26. The van der Waals surface area contributed by atoms with Gasteiger partial charge in [0.25, 0.3) is 5.56 Å². The monoisotopic (exact) mass is 367 g/mol. The molecule has 4 aromatic rings. The molecular formula is C19H14FN3O2S. The van der Waals surface area contributed by atoms with Crippen molar-refractivity contribution in [3.63, 3.8) is 0 Å². The highest BCUT2D eigenvalue weighted by atomic mass is 32.1. The second-order valence-corrected chi connectivity index (χ2v) is 6.96. The van der Waals surface area contributed by atoms with E-state index in [0.29, 0.717) is 16.8 Å². The number of rotatable bonds is 3. The molecule has 4 rings (SSSR count). The van der Waals surface area contributed by atoms with E-state index in [2.05, 4.69) is 10.4 Å². The molecule has 2 aromatic heterocycles. The van der Waals surface area contributed by atoms with E-state index in [1.54, 1.807) is 6.07 Å². The Morgan fingerprint density at radius 3 is 2.85 bits per heavy atom. The van der Waals surface area contributed by atoms with Crippen LogP contribution in [-0.2, 0) is 11.3 Å². The number of carbonyl (C=O) groups is 1. The topological polar surface area (TPSA) is 64.0 Å². The highest BCUT2D eigenvalue weighted by Gasteiger charge is 2.16. The molecule has 0 unspecified atom stereocenters. The number of hydrogen-bond acceptors (Lipinski definition) is 4. The highest BCUT2D eigenvalue weighted by Crippen LogP contribution is 2.32. The summed E-state index contributed by atoms with van der Waals surface area (Å²) >= 11 is 1.52. The van der Waals surface area contributed by atoms with Gasteiger partial charge in [0.05, 0.1) is 15.8 Å². The minimum absolute atomic E-state index is 0.240. The molecule has 1 N–H and O–H groups in total. The Morgan fingerprint density at radius 1 is 1.23 bits per heavy atom. The Morgan fingerprint density at radius 2 is 2.04 bits per heavy atom. The van der Waals surface area contributed by atoms with Crippen LogP contribution in [-0.4, -0.2) is 15.7 Å². The van der Waals surface area contributed by atoms with Gasteiger partial charge in [-0.05, 0) is 31.2 Å². The van der Waals surface area contributed by atoms with Crippen molar-refractivity contribution in [2.45, 2.75) is 13.5 Å². The fraction of sp³-hybridized carbons (Fsp3) is 0.105. The summed E-state index contributed by atoms with van der Waals surface area (Å²) in [5.74, 6) is -0.886. The average Bonchev–Trinajstić information content (AvgIpc) is 3.00. The summed E-state index contributed by atoms with van der Waals surface area (Å²) in [6.07, 6.45) is 0. The van der Waals surface area contributed by atoms with Crippen LogP contribution in [0.4, 0.5) is 10.1 Å². The summed E-state index contributed by atoms with van der Waals surface area (Å²) in [4.78, 5) is 25.1. The number of benzene rings is 2. The van der Waals surface area contributed by atoms with Crippen LogP contribution in [0.2, 0.25) is 0 Å². The smallest absolute Gasteiger partial charge is 0.276 e.